The summed E-state index contributed by atoms with van der Waals surface area (Å²) in [5.74, 6) is 1.15. The molecule has 3 nitrogen and oxygen atoms in total. The third-order valence-corrected chi connectivity index (χ3v) is 3.95. The maximum Gasteiger partial charge on any atom is 0.183 e. The molecule has 0 bridgehead atoms. The average Bonchev–Trinajstić information content (AvgIpc) is 2.70. The SMILES string of the molecule is N#Cc1ccc(C2OCC3CC=CCC3CO2)cc1. The maximum absolute atomic E-state index is 8.80. The Labute approximate surface area is 113 Å². The van der Waals surface area contributed by atoms with Crippen LogP contribution in [-0.4, -0.2) is 13.2 Å². The molecule has 1 aromatic rings. The largest absolute Gasteiger partial charge is 0.348 e. The molecule has 1 heterocycles. The van der Waals surface area contributed by atoms with E-state index in [1.807, 2.05) is 24.3 Å². The van der Waals surface area contributed by atoms with Gasteiger partial charge in [-0.1, -0.05) is 24.3 Å². The zero-order valence-corrected chi connectivity index (χ0v) is 10.8. The lowest BCUT2D eigenvalue weighted by Gasteiger charge is -2.24. The molecule has 0 amide bonds. The third-order valence-electron chi connectivity index (χ3n) is 3.95. The molecule has 0 N–H and O–H groups in total. The first-order valence-electron chi connectivity index (χ1n) is 6.75. The lowest BCUT2D eigenvalue weighted by atomic mass is 9.84. The van der Waals surface area contributed by atoms with Crippen molar-refractivity contribution >= 4 is 0 Å². The van der Waals surface area contributed by atoms with Gasteiger partial charge in [0.15, 0.2) is 6.29 Å². The number of ether oxygens (including phenoxy) is 2. The summed E-state index contributed by atoms with van der Waals surface area (Å²) in [5.41, 5.74) is 1.65. The highest BCUT2D eigenvalue weighted by molar-refractivity contribution is 5.32. The summed E-state index contributed by atoms with van der Waals surface area (Å²) in [7, 11) is 0. The van der Waals surface area contributed by atoms with E-state index in [-0.39, 0.29) is 6.29 Å². The maximum atomic E-state index is 8.80. The van der Waals surface area contributed by atoms with Gasteiger partial charge in [0.05, 0.1) is 24.8 Å². The van der Waals surface area contributed by atoms with Gasteiger partial charge in [0.2, 0.25) is 0 Å². The molecule has 1 saturated heterocycles. The Morgan fingerprint density at radius 1 is 0.947 bits per heavy atom. The molecule has 1 aromatic carbocycles. The highest BCUT2D eigenvalue weighted by Gasteiger charge is 2.29. The van der Waals surface area contributed by atoms with Crippen LogP contribution in [0.15, 0.2) is 36.4 Å². The second-order valence-corrected chi connectivity index (χ2v) is 5.20. The molecule has 1 fully saturated rings. The fraction of sp³-hybridized carbons (Fsp3) is 0.438. The molecule has 0 aromatic heterocycles. The van der Waals surface area contributed by atoms with Crippen LogP contribution in [0, 0.1) is 23.2 Å². The van der Waals surface area contributed by atoms with E-state index in [9.17, 15) is 0 Å². The zero-order valence-electron chi connectivity index (χ0n) is 10.8. The van der Waals surface area contributed by atoms with Crippen molar-refractivity contribution in [2.45, 2.75) is 19.1 Å². The molecule has 0 spiro atoms. The Morgan fingerprint density at radius 2 is 1.53 bits per heavy atom. The number of allylic oxidation sites excluding steroid dienone is 2. The van der Waals surface area contributed by atoms with Crippen molar-refractivity contribution in [2.24, 2.45) is 11.8 Å². The van der Waals surface area contributed by atoms with Gasteiger partial charge in [0.25, 0.3) is 0 Å². The molecular weight excluding hydrogens is 238 g/mol. The molecule has 98 valence electrons. The second kappa shape index (κ2) is 5.56. The minimum absolute atomic E-state index is 0.293. The average molecular weight is 255 g/mol. The monoisotopic (exact) mass is 255 g/mol. The second-order valence-electron chi connectivity index (χ2n) is 5.20. The molecular formula is C16H17NO2. The highest BCUT2D eigenvalue weighted by atomic mass is 16.7. The number of nitrogens with zero attached hydrogens (tertiary/aromatic N) is 1. The van der Waals surface area contributed by atoms with Gasteiger partial charge in [-0.05, 0) is 36.8 Å². The van der Waals surface area contributed by atoms with E-state index < -0.39 is 0 Å². The van der Waals surface area contributed by atoms with Crippen molar-refractivity contribution < 1.29 is 9.47 Å². The van der Waals surface area contributed by atoms with Gasteiger partial charge < -0.3 is 9.47 Å². The summed E-state index contributed by atoms with van der Waals surface area (Å²) in [6.07, 6.45) is 6.37. The van der Waals surface area contributed by atoms with Gasteiger partial charge in [-0.25, -0.2) is 0 Å². The number of nitriles is 1. The van der Waals surface area contributed by atoms with Crippen LogP contribution in [0.1, 0.15) is 30.3 Å². The first-order chi connectivity index (χ1) is 9.36. The Hall–Kier alpha value is -1.63. The predicted octanol–water partition coefficient (Wildman–Crippen LogP) is 3.19. The van der Waals surface area contributed by atoms with Crippen molar-refractivity contribution in [1.29, 1.82) is 5.26 Å². The zero-order chi connectivity index (χ0) is 13.1. The number of hydrogen-bond donors (Lipinski definition) is 0. The fourth-order valence-corrected chi connectivity index (χ4v) is 2.71. The highest BCUT2D eigenvalue weighted by Crippen LogP contribution is 2.33. The third kappa shape index (κ3) is 2.70. The molecule has 3 rings (SSSR count). The molecule has 19 heavy (non-hydrogen) atoms. The quantitative estimate of drug-likeness (QED) is 0.724. The van der Waals surface area contributed by atoms with Crippen LogP contribution in [-0.2, 0) is 9.47 Å². The lowest BCUT2D eigenvalue weighted by molar-refractivity contribution is -0.134. The van der Waals surface area contributed by atoms with Crippen LogP contribution in [0.5, 0.6) is 0 Å². The first kappa shape index (κ1) is 12.4. The van der Waals surface area contributed by atoms with Crippen LogP contribution in [0.2, 0.25) is 0 Å². The van der Waals surface area contributed by atoms with Gasteiger partial charge in [-0.15, -0.1) is 0 Å². The summed E-state index contributed by atoms with van der Waals surface area (Å²) < 4.78 is 11.8. The lowest BCUT2D eigenvalue weighted by Crippen LogP contribution is -2.21. The van der Waals surface area contributed by atoms with E-state index >= 15 is 0 Å². The van der Waals surface area contributed by atoms with Crippen molar-refractivity contribution in [3.05, 3.63) is 47.5 Å². The van der Waals surface area contributed by atoms with Crippen LogP contribution < -0.4 is 0 Å². The van der Waals surface area contributed by atoms with Crippen LogP contribution in [0.25, 0.3) is 0 Å². The summed E-state index contributed by atoms with van der Waals surface area (Å²) >= 11 is 0. The van der Waals surface area contributed by atoms with Gasteiger partial charge in [-0.2, -0.15) is 5.26 Å². The normalized spacial score (nSPS) is 30.2. The van der Waals surface area contributed by atoms with Crippen LogP contribution in [0.4, 0.5) is 0 Å². The van der Waals surface area contributed by atoms with E-state index in [0.717, 1.165) is 31.6 Å². The predicted molar refractivity (Wildman–Crippen MR) is 71.2 cm³/mol. The summed E-state index contributed by atoms with van der Waals surface area (Å²) in [6, 6.07) is 9.56. The van der Waals surface area contributed by atoms with E-state index in [0.29, 0.717) is 17.4 Å². The Morgan fingerprint density at radius 3 is 2.05 bits per heavy atom. The molecule has 2 atom stereocenters. The van der Waals surface area contributed by atoms with Gasteiger partial charge in [0.1, 0.15) is 0 Å². The molecule has 2 unspecified atom stereocenters. The molecule has 0 saturated carbocycles. The topological polar surface area (TPSA) is 42.2 Å². The first-order valence-corrected chi connectivity index (χ1v) is 6.75. The van der Waals surface area contributed by atoms with E-state index in [2.05, 4.69) is 18.2 Å². The van der Waals surface area contributed by atoms with E-state index in [1.165, 1.54) is 0 Å². The fourth-order valence-electron chi connectivity index (χ4n) is 2.71. The van der Waals surface area contributed by atoms with Gasteiger partial charge >= 0.3 is 0 Å². The van der Waals surface area contributed by atoms with Crippen LogP contribution >= 0.6 is 0 Å². The van der Waals surface area contributed by atoms with Gasteiger partial charge in [0, 0.05) is 5.56 Å². The van der Waals surface area contributed by atoms with E-state index in [1.54, 1.807) is 0 Å². The summed E-state index contributed by atoms with van der Waals surface area (Å²) in [6.45, 7) is 1.50. The van der Waals surface area contributed by atoms with Crippen molar-refractivity contribution in [2.75, 3.05) is 13.2 Å². The molecule has 0 radical (unpaired) electrons. The number of benzene rings is 1. The number of fused-ring (bicyclic) bond motifs is 1. The van der Waals surface area contributed by atoms with E-state index in [4.69, 9.17) is 14.7 Å². The Bertz CT molecular complexity index is 482. The van der Waals surface area contributed by atoms with Crippen LogP contribution in [0.3, 0.4) is 0 Å². The molecule has 1 aliphatic heterocycles. The Kier molecular flexibility index (Phi) is 3.63. The summed E-state index contributed by atoms with van der Waals surface area (Å²) in [5, 5.41) is 8.80. The number of rotatable bonds is 1. The van der Waals surface area contributed by atoms with Crippen molar-refractivity contribution in [1.82, 2.24) is 0 Å². The number of hydrogen-bond acceptors (Lipinski definition) is 3. The molecule has 2 aliphatic rings. The standard InChI is InChI=1S/C16H17NO2/c17-9-12-5-7-13(8-6-12)16-18-10-14-3-1-2-4-15(14)11-19-16/h1-2,5-8,14-16H,3-4,10-11H2. The molecule has 3 heteroatoms. The molecule has 1 aliphatic carbocycles. The summed E-state index contributed by atoms with van der Waals surface area (Å²) in [4.78, 5) is 0. The van der Waals surface area contributed by atoms with Crippen molar-refractivity contribution in [3.63, 3.8) is 0 Å². The van der Waals surface area contributed by atoms with Crippen molar-refractivity contribution in [3.8, 4) is 6.07 Å². The Balaban J connectivity index is 1.71. The minimum atomic E-state index is -0.293. The smallest absolute Gasteiger partial charge is 0.183 e. The van der Waals surface area contributed by atoms with Gasteiger partial charge in [-0.3, -0.25) is 0 Å². The minimum Gasteiger partial charge on any atom is -0.348 e.